The lowest BCUT2D eigenvalue weighted by Crippen LogP contribution is -2.57. The lowest BCUT2D eigenvalue weighted by Gasteiger charge is -2.37. The molecule has 0 aliphatic carbocycles. The van der Waals surface area contributed by atoms with Crippen LogP contribution < -0.4 is 35.8 Å². The summed E-state index contributed by atoms with van der Waals surface area (Å²) in [5.41, 5.74) is 15.7. The van der Waals surface area contributed by atoms with Gasteiger partial charge in [0.05, 0.1) is 11.4 Å². The number of ether oxygens (including phenoxy) is 1. The maximum Gasteiger partial charge on any atom is 0.246 e. The second kappa shape index (κ2) is 13.5. The van der Waals surface area contributed by atoms with Crippen molar-refractivity contribution in [3.05, 3.63) is 174 Å². The van der Waals surface area contributed by atoms with Gasteiger partial charge in [0.25, 0.3) is 0 Å². The minimum Gasteiger partial charge on any atom is -0.457 e. The molecule has 270 valence electrons. The fourth-order valence-electron chi connectivity index (χ4n) is 8.59. The van der Waals surface area contributed by atoms with Gasteiger partial charge in [-0.05, 0) is 102 Å². The first-order valence-corrected chi connectivity index (χ1v) is 19.2. The Kier molecular flexibility index (Phi) is 8.50. The average Bonchev–Trinajstić information content (AvgIpc) is 3.56. The van der Waals surface area contributed by atoms with Crippen LogP contribution >= 0.6 is 0 Å². The van der Waals surface area contributed by atoms with Crippen molar-refractivity contribution in [2.24, 2.45) is 0 Å². The first-order valence-electron chi connectivity index (χ1n) is 19.2. The van der Waals surface area contributed by atoms with Gasteiger partial charge in [-0.1, -0.05) is 117 Å². The highest BCUT2D eigenvalue weighted by molar-refractivity contribution is 6.98. The molecule has 2 aliphatic heterocycles. The number of pyridine rings is 1. The van der Waals surface area contributed by atoms with E-state index in [2.05, 4.69) is 196 Å². The smallest absolute Gasteiger partial charge is 0.246 e. The van der Waals surface area contributed by atoms with Gasteiger partial charge in [-0.15, -0.1) is 0 Å². The second-order valence-corrected chi connectivity index (χ2v) is 15.9. The van der Waals surface area contributed by atoms with Gasteiger partial charge >= 0.3 is 0 Å². The number of fused-ring (bicyclic) bond motifs is 3. The van der Waals surface area contributed by atoms with E-state index in [1.54, 1.807) is 0 Å². The van der Waals surface area contributed by atoms with E-state index >= 15 is 0 Å². The summed E-state index contributed by atoms with van der Waals surface area (Å²) in [5.74, 6) is 2.45. The Morgan fingerprint density at radius 3 is 1.98 bits per heavy atom. The quantitative estimate of drug-likeness (QED) is 0.160. The number of hydrogen-bond donors (Lipinski definition) is 0. The van der Waals surface area contributed by atoms with Crippen molar-refractivity contribution in [2.75, 3.05) is 21.4 Å². The molecule has 0 saturated carbocycles. The summed E-state index contributed by atoms with van der Waals surface area (Å²) in [6.45, 7) is 14.1. The van der Waals surface area contributed by atoms with E-state index in [9.17, 15) is 0 Å². The fraction of sp³-hybridized carbons (Fsp3) is 0.163. The van der Waals surface area contributed by atoms with E-state index < -0.39 is 0 Å². The number of nitrogens with zero attached hydrogens (tertiary/aromatic N) is 4. The normalized spacial score (nSPS) is 13.4. The number of para-hydroxylation sites is 3. The molecule has 0 spiro atoms. The molecule has 3 heterocycles. The monoisotopic (exact) mass is 716 g/mol. The van der Waals surface area contributed by atoms with Crippen LogP contribution in [0.4, 0.5) is 39.9 Å². The summed E-state index contributed by atoms with van der Waals surface area (Å²) in [5, 5.41) is 0. The third-order valence-electron chi connectivity index (χ3n) is 11.0. The third kappa shape index (κ3) is 6.22. The molecule has 0 N–H and O–H groups in total. The van der Waals surface area contributed by atoms with Crippen LogP contribution in [0.5, 0.6) is 11.5 Å². The van der Waals surface area contributed by atoms with Crippen LogP contribution in [0.3, 0.4) is 0 Å². The highest BCUT2D eigenvalue weighted by atomic mass is 16.5. The summed E-state index contributed by atoms with van der Waals surface area (Å²) in [4.78, 5) is 12.1. The van der Waals surface area contributed by atoms with Gasteiger partial charge in [-0.3, -0.25) is 4.90 Å². The number of rotatable bonds is 6. The van der Waals surface area contributed by atoms with Crippen LogP contribution in [-0.4, -0.2) is 18.4 Å². The third-order valence-corrected chi connectivity index (χ3v) is 11.0. The molecule has 5 nitrogen and oxygen atoms in total. The lowest BCUT2D eigenvalue weighted by molar-refractivity contribution is 0.483. The maximum absolute atomic E-state index is 6.80. The highest BCUT2D eigenvalue weighted by Crippen LogP contribution is 2.47. The molecule has 55 heavy (non-hydrogen) atoms. The van der Waals surface area contributed by atoms with E-state index in [0.29, 0.717) is 6.67 Å². The van der Waals surface area contributed by atoms with Crippen molar-refractivity contribution in [1.29, 1.82) is 0 Å². The lowest BCUT2D eigenvalue weighted by atomic mass is 9.35. The van der Waals surface area contributed by atoms with Crippen molar-refractivity contribution in [2.45, 2.75) is 47.0 Å². The molecule has 0 amide bonds. The molecule has 9 rings (SSSR count). The summed E-state index contributed by atoms with van der Waals surface area (Å²) >= 11 is 0. The summed E-state index contributed by atoms with van der Waals surface area (Å²) in [7, 11) is 0. The van der Waals surface area contributed by atoms with Gasteiger partial charge in [0.2, 0.25) is 6.71 Å². The van der Waals surface area contributed by atoms with Crippen molar-refractivity contribution >= 4 is 63.0 Å². The molecule has 1 aromatic heterocycles. The molecule has 0 unspecified atom stereocenters. The molecule has 7 aromatic rings. The zero-order valence-corrected chi connectivity index (χ0v) is 32.4. The summed E-state index contributed by atoms with van der Waals surface area (Å²) in [6, 6.07) is 52.1. The molecule has 0 bridgehead atoms. The summed E-state index contributed by atoms with van der Waals surface area (Å²) in [6.07, 6.45) is 1.94. The minimum atomic E-state index is -0.0247. The molecular formula is C49H45BN4O. The molecule has 6 heteroatoms. The Morgan fingerprint density at radius 1 is 0.582 bits per heavy atom. The van der Waals surface area contributed by atoms with Gasteiger partial charge in [-0.2, -0.15) is 0 Å². The molecular weight excluding hydrogens is 671 g/mol. The largest absolute Gasteiger partial charge is 0.457 e. The molecule has 0 saturated heterocycles. The maximum atomic E-state index is 6.80. The van der Waals surface area contributed by atoms with Crippen LogP contribution in [0.1, 0.15) is 43.0 Å². The van der Waals surface area contributed by atoms with Crippen LogP contribution in [0.2, 0.25) is 0 Å². The van der Waals surface area contributed by atoms with Crippen molar-refractivity contribution in [3.63, 3.8) is 0 Å². The van der Waals surface area contributed by atoms with Crippen molar-refractivity contribution in [1.82, 2.24) is 4.98 Å². The number of hydrogen-bond acceptors (Lipinski definition) is 5. The standard InChI is InChI=1S/C49H45BN4O/c1-33-27-34(2)48(35(3)28-33)53-32-52(44-21-12-13-22-45(44)53)38-17-14-18-39(30-38)55-40-23-24-42-46(31-40)54(47-29-36(25-26-51-47)49(4,5)6)43-20-11-10-19-41(43)50(42)37-15-8-7-9-16-37/h7-31H,32H2,1-6H3. The Hall–Kier alpha value is -6.27. The second-order valence-electron chi connectivity index (χ2n) is 15.9. The fourth-order valence-corrected chi connectivity index (χ4v) is 8.59. The van der Waals surface area contributed by atoms with E-state index in [1.807, 2.05) is 12.3 Å². The predicted molar refractivity (Wildman–Crippen MR) is 231 cm³/mol. The van der Waals surface area contributed by atoms with Crippen LogP contribution in [0.25, 0.3) is 0 Å². The van der Waals surface area contributed by atoms with Gasteiger partial charge < -0.3 is 14.5 Å². The SMILES string of the molecule is Cc1cc(C)c(N2CN(c3cccc(Oc4ccc5c(c4)N(c4cc(C(C)(C)C)ccn4)c4ccccc4B5c4ccccc4)c3)c3ccccc32)c(C)c1. The number of anilines is 7. The van der Waals surface area contributed by atoms with E-state index in [1.165, 1.54) is 55.7 Å². The average molecular weight is 717 g/mol. The zero-order chi connectivity index (χ0) is 37.8. The Morgan fingerprint density at radius 2 is 1.24 bits per heavy atom. The molecule has 0 fully saturated rings. The minimum absolute atomic E-state index is 0.0247. The molecule has 0 radical (unpaired) electrons. The predicted octanol–water partition coefficient (Wildman–Crippen LogP) is 10.6. The number of aromatic nitrogens is 1. The Labute approximate surface area is 325 Å². The number of benzene rings is 6. The van der Waals surface area contributed by atoms with Crippen LogP contribution in [0.15, 0.2) is 152 Å². The number of aryl methyl sites for hydroxylation is 3. The first kappa shape index (κ1) is 34.5. The van der Waals surface area contributed by atoms with Gasteiger partial charge in [0, 0.05) is 41.1 Å². The van der Waals surface area contributed by atoms with Crippen molar-refractivity contribution < 1.29 is 4.74 Å². The van der Waals surface area contributed by atoms with Gasteiger partial charge in [-0.25, -0.2) is 4.98 Å². The Balaban J connectivity index is 1.11. The van der Waals surface area contributed by atoms with E-state index in [4.69, 9.17) is 9.72 Å². The van der Waals surface area contributed by atoms with Crippen LogP contribution in [-0.2, 0) is 5.41 Å². The molecule has 2 aliphatic rings. The van der Waals surface area contributed by atoms with E-state index in [0.717, 1.165) is 34.4 Å². The van der Waals surface area contributed by atoms with Crippen molar-refractivity contribution in [3.8, 4) is 11.5 Å². The summed E-state index contributed by atoms with van der Waals surface area (Å²) < 4.78 is 6.80. The molecule has 6 aromatic carbocycles. The van der Waals surface area contributed by atoms with E-state index in [-0.39, 0.29) is 12.1 Å². The zero-order valence-electron chi connectivity index (χ0n) is 32.4. The molecule has 0 atom stereocenters. The van der Waals surface area contributed by atoms with Gasteiger partial charge in [0.1, 0.15) is 24.0 Å². The van der Waals surface area contributed by atoms with Crippen LogP contribution in [0, 0.1) is 20.8 Å². The highest BCUT2D eigenvalue weighted by Gasteiger charge is 2.36. The topological polar surface area (TPSA) is 31.8 Å². The Bertz CT molecular complexity index is 2540. The van der Waals surface area contributed by atoms with Gasteiger partial charge in [0.15, 0.2) is 0 Å². The first-order chi connectivity index (χ1) is 26.6.